The molecule has 1 atom stereocenters. The van der Waals surface area contributed by atoms with Crippen LogP contribution in [0, 0.1) is 10.1 Å². The van der Waals surface area contributed by atoms with Gasteiger partial charge in [0.05, 0.1) is 11.5 Å². The Hall–Kier alpha value is -2.24. The zero-order valence-electron chi connectivity index (χ0n) is 10.4. The van der Waals surface area contributed by atoms with E-state index in [2.05, 4.69) is 0 Å². The quantitative estimate of drug-likeness (QED) is 0.484. The van der Waals surface area contributed by atoms with E-state index in [-0.39, 0.29) is 18.0 Å². The van der Waals surface area contributed by atoms with Crippen molar-refractivity contribution in [1.82, 2.24) is 5.06 Å². The van der Waals surface area contributed by atoms with Gasteiger partial charge >= 0.3 is 6.09 Å². The molecule has 0 radical (unpaired) electrons. The summed E-state index contributed by atoms with van der Waals surface area (Å²) in [5, 5.41) is 19.8. The molecular formula is C10H10N2O8S. The van der Waals surface area contributed by atoms with Crippen LogP contribution < -0.4 is 0 Å². The maximum Gasteiger partial charge on any atom is 0.431 e. The number of amides is 1. The van der Waals surface area contributed by atoms with Crippen LogP contribution in [0.2, 0.25) is 0 Å². The monoisotopic (exact) mass is 318 g/mol. The molecule has 10 nitrogen and oxygen atoms in total. The molecule has 0 unspecified atom stereocenters. The van der Waals surface area contributed by atoms with Crippen molar-refractivity contribution < 1.29 is 32.3 Å². The van der Waals surface area contributed by atoms with Crippen molar-refractivity contribution in [3.63, 3.8) is 0 Å². The van der Waals surface area contributed by atoms with Gasteiger partial charge in [-0.15, -0.1) is 0 Å². The SMILES string of the molecule is O=C(O)N1C[C@H](OS(=O)(=O)c2cccc([N+](=O)[O-])c2)CO1. The van der Waals surface area contributed by atoms with Gasteiger partial charge in [-0.1, -0.05) is 6.07 Å². The summed E-state index contributed by atoms with van der Waals surface area (Å²) in [6.07, 6.45) is -2.38. The fourth-order valence-corrected chi connectivity index (χ4v) is 2.74. The number of hydrogen-bond donors (Lipinski definition) is 1. The second kappa shape index (κ2) is 5.63. The summed E-state index contributed by atoms with van der Waals surface area (Å²) in [4.78, 5) is 24.8. The van der Waals surface area contributed by atoms with E-state index in [4.69, 9.17) is 14.1 Å². The van der Waals surface area contributed by atoms with Gasteiger partial charge in [-0.3, -0.25) is 19.1 Å². The number of carbonyl (C=O) groups is 1. The third-order valence-corrected chi connectivity index (χ3v) is 3.94. The summed E-state index contributed by atoms with van der Waals surface area (Å²) < 4.78 is 28.8. The minimum atomic E-state index is -4.25. The molecule has 1 aliphatic rings. The van der Waals surface area contributed by atoms with Crippen molar-refractivity contribution in [1.29, 1.82) is 0 Å². The lowest BCUT2D eigenvalue weighted by molar-refractivity contribution is -0.385. The zero-order chi connectivity index (χ0) is 15.6. The van der Waals surface area contributed by atoms with Crippen LogP contribution in [0.15, 0.2) is 29.2 Å². The maximum absolute atomic E-state index is 12.0. The predicted molar refractivity (Wildman–Crippen MR) is 65.8 cm³/mol. The number of hydrogen-bond acceptors (Lipinski definition) is 7. The molecule has 0 saturated carbocycles. The molecular weight excluding hydrogens is 308 g/mol. The van der Waals surface area contributed by atoms with Gasteiger partial charge in [0.15, 0.2) is 0 Å². The van der Waals surface area contributed by atoms with Crippen molar-refractivity contribution in [2.45, 2.75) is 11.0 Å². The van der Waals surface area contributed by atoms with Gasteiger partial charge in [-0.05, 0) is 6.07 Å². The van der Waals surface area contributed by atoms with Crippen LogP contribution >= 0.6 is 0 Å². The van der Waals surface area contributed by atoms with Crippen molar-refractivity contribution >= 4 is 21.9 Å². The van der Waals surface area contributed by atoms with Crippen LogP contribution in [0.3, 0.4) is 0 Å². The molecule has 1 fully saturated rings. The molecule has 1 aromatic rings. The van der Waals surface area contributed by atoms with Crippen LogP contribution in [0.5, 0.6) is 0 Å². The lowest BCUT2D eigenvalue weighted by Crippen LogP contribution is -2.28. The van der Waals surface area contributed by atoms with Crippen molar-refractivity contribution in [2.75, 3.05) is 13.2 Å². The number of nitrogens with zero attached hydrogens (tertiary/aromatic N) is 2. The highest BCUT2D eigenvalue weighted by Gasteiger charge is 2.33. The summed E-state index contributed by atoms with van der Waals surface area (Å²) in [5.41, 5.74) is -0.394. The molecule has 114 valence electrons. The lowest BCUT2D eigenvalue weighted by atomic mass is 10.3. The molecule has 0 bridgehead atoms. The van der Waals surface area contributed by atoms with Crippen LogP contribution in [-0.2, 0) is 19.1 Å². The van der Waals surface area contributed by atoms with Crippen LogP contribution in [0.4, 0.5) is 10.5 Å². The van der Waals surface area contributed by atoms with Gasteiger partial charge in [0, 0.05) is 12.1 Å². The van der Waals surface area contributed by atoms with Gasteiger partial charge in [0.1, 0.15) is 17.6 Å². The molecule has 1 N–H and O–H groups in total. The third-order valence-electron chi connectivity index (χ3n) is 2.58. The van der Waals surface area contributed by atoms with Crippen molar-refractivity contribution in [2.24, 2.45) is 0 Å². The number of carboxylic acid groups (broad SMARTS) is 1. The second-order valence-electron chi connectivity index (χ2n) is 4.07. The first kappa shape index (κ1) is 15.2. The molecule has 0 spiro atoms. The number of rotatable bonds is 4. The molecule has 11 heteroatoms. The van der Waals surface area contributed by atoms with Crippen molar-refractivity contribution in [3.05, 3.63) is 34.4 Å². The Labute approximate surface area is 118 Å². The van der Waals surface area contributed by atoms with E-state index in [1.165, 1.54) is 6.07 Å². The Bertz CT molecular complexity index is 673. The molecule has 1 saturated heterocycles. The summed E-state index contributed by atoms with van der Waals surface area (Å²) in [6, 6.07) is 4.36. The lowest BCUT2D eigenvalue weighted by Gasteiger charge is -2.10. The summed E-state index contributed by atoms with van der Waals surface area (Å²) in [6.45, 7) is -0.524. The first-order valence-corrected chi connectivity index (χ1v) is 7.01. The van der Waals surface area contributed by atoms with Gasteiger partial charge in [-0.25, -0.2) is 4.79 Å². The average Bonchev–Trinajstić information content (AvgIpc) is 2.87. The third kappa shape index (κ3) is 3.45. The largest absolute Gasteiger partial charge is 0.463 e. The molecule has 2 rings (SSSR count). The molecule has 1 heterocycles. The Morgan fingerprint density at radius 1 is 1.52 bits per heavy atom. The van der Waals surface area contributed by atoms with E-state index >= 15 is 0 Å². The highest BCUT2D eigenvalue weighted by Crippen LogP contribution is 2.21. The van der Waals surface area contributed by atoms with E-state index < -0.39 is 32.9 Å². The number of non-ortho nitro benzene ring substituents is 1. The summed E-state index contributed by atoms with van der Waals surface area (Å²) in [5.74, 6) is 0. The topological polar surface area (TPSA) is 136 Å². The fraction of sp³-hybridized carbons (Fsp3) is 0.300. The van der Waals surface area contributed by atoms with E-state index in [1.54, 1.807) is 0 Å². The minimum absolute atomic E-state index is 0.250. The number of nitro benzene ring substituents is 1. The molecule has 1 aliphatic heterocycles. The van der Waals surface area contributed by atoms with Crippen LogP contribution in [0.1, 0.15) is 0 Å². The molecule has 1 amide bonds. The summed E-state index contributed by atoms with van der Waals surface area (Å²) >= 11 is 0. The van der Waals surface area contributed by atoms with E-state index in [0.717, 1.165) is 18.2 Å². The molecule has 1 aromatic carbocycles. The Morgan fingerprint density at radius 2 is 2.24 bits per heavy atom. The number of hydroxylamine groups is 2. The molecule has 21 heavy (non-hydrogen) atoms. The van der Waals surface area contributed by atoms with E-state index in [0.29, 0.717) is 5.06 Å². The smallest absolute Gasteiger partial charge is 0.431 e. The predicted octanol–water partition coefficient (Wildman–Crippen LogP) is 0.594. The minimum Gasteiger partial charge on any atom is -0.463 e. The highest BCUT2D eigenvalue weighted by atomic mass is 32.2. The molecule has 0 aromatic heterocycles. The second-order valence-corrected chi connectivity index (χ2v) is 5.64. The molecule has 0 aliphatic carbocycles. The van der Waals surface area contributed by atoms with Crippen molar-refractivity contribution in [3.8, 4) is 0 Å². The van der Waals surface area contributed by atoms with Crippen LogP contribution in [0.25, 0.3) is 0 Å². The zero-order valence-corrected chi connectivity index (χ0v) is 11.2. The highest BCUT2D eigenvalue weighted by molar-refractivity contribution is 7.86. The van der Waals surface area contributed by atoms with Gasteiger partial charge in [0.25, 0.3) is 15.8 Å². The normalized spacial score (nSPS) is 18.7. The Balaban J connectivity index is 2.14. The summed E-state index contributed by atoms with van der Waals surface area (Å²) in [7, 11) is -4.25. The first-order valence-electron chi connectivity index (χ1n) is 5.61. The maximum atomic E-state index is 12.0. The van der Waals surface area contributed by atoms with Gasteiger partial charge < -0.3 is 5.11 Å². The van der Waals surface area contributed by atoms with Gasteiger partial charge in [0.2, 0.25) is 0 Å². The average molecular weight is 318 g/mol. The number of benzene rings is 1. The van der Waals surface area contributed by atoms with Crippen LogP contribution in [-0.4, -0.2) is 48.9 Å². The number of nitro groups is 1. The fourth-order valence-electron chi connectivity index (χ4n) is 1.64. The van der Waals surface area contributed by atoms with E-state index in [9.17, 15) is 23.3 Å². The van der Waals surface area contributed by atoms with Gasteiger partial charge in [-0.2, -0.15) is 13.5 Å². The Morgan fingerprint density at radius 3 is 2.81 bits per heavy atom. The Kier molecular flexibility index (Phi) is 4.06. The standard InChI is InChI=1S/C10H10N2O8S/c13-10(14)11-5-8(6-19-11)20-21(17,18)9-3-1-2-7(4-9)12(15)16/h1-4,8H,5-6H2,(H,13,14)/t8-/m0/s1. The first-order chi connectivity index (χ1) is 9.79. The van der Waals surface area contributed by atoms with E-state index in [1.807, 2.05) is 0 Å².